The second-order valence-electron chi connectivity index (χ2n) is 4.79. The zero-order chi connectivity index (χ0) is 14.7. The monoisotopic (exact) mass is 292 g/mol. The zero-order valence-electron chi connectivity index (χ0n) is 11.3. The Kier molecular flexibility index (Phi) is 3.85. The fraction of sp³-hybridized carbons (Fsp3) is 0. The van der Waals surface area contributed by atoms with Gasteiger partial charge in [0, 0.05) is 16.1 Å². The zero-order valence-corrected chi connectivity index (χ0v) is 12.0. The molecule has 0 amide bonds. The fourth-order valence-corrected chi connectivity index (χ4v) is 2.51. The van der Waals surface area contributed by atoms with E-state index in [0.717, 1.165) is 11.1 Å². The highest BCUT2D eigenvalue weighted by Gasteiger charge is 2.11. The van der Waals surface area contributed by atoms with Crippen LogP contribution in [0.1, 0.15) is 15.9 Å². The second kappa shape index (κ2) is 5.94. The molecule has 0 aliphatic heterocycles. The highest BCUT2D eigenvalue weighted by Crippen LogP contribution is 2.26. The Hall–Kier alpha value is -2.38. The van der Waals surface area contributed by atoms with Crippen molar-refractivity contribution in [1.82, 2.24) is 0 Å². The Morgan fingerprint density at radius 2 is 1.29 bits per heavy atom. The summed E-state index contributed by atoms with van der Waals surface area (Å²) >= 11 is 6.18. The van der Waals surface area contributed by atoms with E-state index in [1.807, 2.05) is 72.8 Å². The lowest BCUT2D eigenvalue weighted by atomic mass is 9.98. The molecule has 1 nitrogen and oxygen atoms in total. The topological polar surface area (TPSA) is 17.1 Å². The molecule has 3 aromatic carbocycles. The molecular weight excluding hydrogens is 280 g/mol. The summed E-state index contributed by atoms with van der Waals surface area (Å²) in [6.07, 6.45) is 0. The largest absolute Gasteiger partial charge is 0.289 e. The molecule has 0 aliphatic rings. The van der Waals surface area contributed by atoms with Crippen LogP contribution in [0.3, 0.4) is 0 Å². The lowest BCUT2D eigenvalue weighted by Gasteiger charge is -2.07. The van der Waals surface area contributed by atoms with Gasteiger partial charge >= 0.3 is 0 Å². The van der Waals surface area contributed by atoms with Gasteiger partial charge in [-0.2, -0.15) is 0 Å². The van der Waals surface area contributed by atoms with Crippen molar-refractivity contribution in [3.8, 4) is 11.1 Å². The molecule has 0 atom stereocenters. The van der Waals surface area contributed by atoms with Gasteiger partial charge in [0.25, 0.3) is 0 Å². The molecule has 0 radical (unpaired) electrons. The summed E-state index contributed by atoms with van der Waals surface area (Å²) in [6.45, 7) is 0. The molecule has 0 bridgehead atoms. The molecule has 3 aromatic rings. The molecule has 102 valence electrons. The lowest BCUT2D eigenvalue weighted by Crippen LogP contribution is -2.01. The molecule has 21 heavy (non-hydrogen) atoms. The van der Waals surface area contributed by atoms with Gasteiger partial charge in [-0.25, -0.2) is 0 Å². The number of halogens is 1. The van der Waals surface area contributed by atoms with Crippen LogP contribution in [0, 0.1) is 0 Å². The minimum absolute atomic E-state index is 0.0183. The van der Waals surface area contributed by atoms with Gasteiger partial charge < -0.3 is 0 Å². The predicted octanol–water partition coefficient (Wildman–Crippen LogP) is 5.24. The predicted molar refractivity (Wildman–Crippen MR) is 86.8 cm³/mol. The number of ketones is 1. The molecule has 0 N–H and O–H groups in total. The number of carbonyl (C=O) groups is 1. The summed E-state index contributed by atoms with van der Waals surface area (Å²) in [7, 11) is 0. The SMILES string of the molecule is O=C(c1ccccc1)c1cc(Cl)cc(-c2ccccc2)c1. The molecule has 3 rings (SSSR count). The summed E-state index contributed by atoms with van der Waals surface area (Å²) in [6, 6.07) is 24.6. The standard InChI is InChI=1S/C19H13ClO/c20-18-12-16(14-7-3-1-4-8-14)11-17(13-18)19(21)15-9-5-2-6-10-15/h1-13H. The average molecular weight is 293 g/mol. The van der Waals surface area contributed by atoms with E-state index in [0.29, 0.717) is 16.1 Å². The first kappa shape index (κ1) is 13.6. The van der Waals surface area contributed by atoms with Gasteiger partial charge in [-0.3, -0.25) is 4.79 Å². The van der Waals surface area contributed by atoms with Crippen LogP contribution in [0.25, 0.3) is 11.1 Å². The van der Waals surface area contributed by atoms with Crippen LogP contribution in [0.2, 0.25) is 5.02 Å². The Bertz CT molecular complexity index is 764. The third-order valence-corrected chi connectivity index (χ3v) is 3.52. The van der Waals surface area contributed by atoms with Crippen LogP contribution >= 0.6 is 11.6 Å². The van der Waals surface area contributed by atoms with E-state index in [4.69, 9.17) is 11.6 Å². The maximum atomic E-state index is 12.5. The summed E-state index contributed by atoms with van der Waals surface area (Å²) in [5.74, 6) is -0.0183. The first-order valence-electron chi connectivity index (χ1n) is 6.70. The fourth-order valence-electron chi connectivity index (χ4n) is 2.27. The number of hydrogen-bond donors (Lipinski definition) is 0. The number of benzene rings is 3. The third-order valence-electron chi connectivity index (χ3n) is 3.30. The van der Waals surface area contributed by atoms with Crippen molar-refractivity contribution in [3.63, 3.8) is 0 Å². The van der Waals surface area contributed by atoms with E-state index in [2.05, 4.69) is 0 Å². The molecule has 0 aromatic heterocycles. The first-order chi connectivity index (χ1) is 10.2. The summed E-state index contributed by atoms with van der Waals surface area (Å²) in [5, 5.41) is 0.565. The average Bonchev–Trinajstić information content (AvgIpc) is 2.55. The van der Waals surface area contributed by atoms with Crippen LogP contribution in [-0.2, 0) is 0 Å². The molecule has 2 heteroatoms. The van der Waals surface area contributed by atoms with Crippen LogP contribution in [0.15, 0.2) is 78.9 Å². The molecule has 0 saturated carbocycles. The molecule has 0 unspecified atom stereocenters. The van der Waals surface area contributed by atoms with Crippen molar-refractivity contribution < 1.29 is 4.79 Å². The third kappa shape index (κ3) is 3.04. The number of rotatable bonds is 3. The van der Waals surface area contributed by atoms with Gasteiger partial charge in [0.05, 0.1) is 0 Å². The van der Waals surface area contributed by atoms with Crippen molar-refractivity contribution in [3.05, 3.63) is 95.0 Å². The van der Waals surface area contributed by atoms with E-state index in [1.165, 1.54) is 0 Å². The van der Waals surface area contributed by atoms with Gasteiger partial charge in [0.15, 0.2) is 5.78 Å². The van der Waals surface area contributed by atoms with Crippen molar-refractivity contribution in [1.29, 1.82) is 0 Å². The van der Waals surface area contributed by atoms with Crippen LogP contribution in [0.4, 0.5) is 0 Å². The normalized spacial score (nSPS) is 10.3. The molecule has 0 aliphatic carbocycles. The second-order valence-corrected chi connectivity index (χ2v) is 5.23. The van der Waals surface area contributed by atoms with Gasteiger partial charge in [-0.05, 0) is 29.3 Å². The van der Waals surface area contributed by atoms with Crippen LogP contribution in [-0.4, -0.2) is 5.78 Å². The highest BCUT2D eigenvalue weighted by molar-refractivity contribution is 6.31. The molecule has 0 saturated heterocycles. The van der Waals surface area contributed by atoms with Crippen molar-refractivity contribution in [2.45, 2.75) is 0 Å². The highest BCUT2D eigenvalue weighted by atomic mass is 35.5. The smallest absolute Gasteiger partial charge is 0.193 e. The van der Waals surface area contributed by atoms with Crippen LogP contribution < -0.4 is 0 Å². The van der Waals surface area contributed by atoms with E-state index in [1.54, 1.807) is 6.07 Å². The van der Waals surface area contributed by atoms with Crippen molar-refractivity contribution in [2.75, 3.05) is 0 Å². The Morgan fingerprint density at radius 1 is 0.667 bits per heavy atom. The maximum Gasteiger partial charge on any atom is 0.193 e. The van der Waals surface area contributed by atoms with E-state index in [-0.39, 0.29) is 5.78 Å². The quantitative estimate of drug-likeness (QED) is 0.603. The molecular formula is C19H13ClO. The Labute approximate surface area is 128 Å². The summed E-state index contributed by atoms with van der Waals surface area (Å²) in [5.41, 5.74) is 3.26. The number of carbonyl (C=O) groups excluding carboxylic acids is 1. The lowest BCUT2D eigenvalue weighted by molar-refractivity contribution is 0.103. The Balaban J connectivity index is 2.05. The van der Waals surface area contributed by atoms with Gasteiger partial charge in [0.1, 0.15) is 0 Å². The molecule has 0 fully saturated rings. The van der Waals surface area contributed by atoms with Gasteiger partial charge in [-0.1, -0.05) is 72.3 Å². The molecule has 0 heterocycles. The summed E-state index contributed by atoms with van der Waals surface area (Å²) < 4.78 is 0. The van der Waals surface area contributed by atoms with Crippen LogP contribution in [0.5, 0.6) is 0 Å². The van der Waals surface area contributed by atoms with Crippen molar-refractivity contribution in [2.24, 2.45) is 0 Å². The van der Waals surface area contributed by atoms with E-state index >= 15 is 0 Å². The number of hydrogen-bond acceptors (Lipinski definition) is 1. The maximum absolute atomic E-state index is 12.5. The molecule has 0 spiro atoms. The van der Waals surface area contributed by atoms with Crippen molar-refractivity contribution >= 4 is 17.4 Å². The van der Waals surface area contributed by atoms with Gasteiger partial charge in [0.2, 0.25) is 0 Å². The minimum Gasteiger partial charge on any atom is -0.289 e. The van der Waals surface area contributed by atoms with Gasteiger partial charge in [-0.15, -0.1) is 0 Å². The minimum atomic E-state index is -0.0183. The van der Waals surface area contributed by atoms with E-state index in [9.17, 15) is 4.79 Å². The first-order valence-corrected chi connectivity index (χ1v) is 7.07. The van der Waals surface area contributed by atoms with E-state index < -0.39 is 0 Å². The Morgan fingerprint density at radius 3 is 1.95 bits per heavy atom. The summed E-state index contributed by atoms with van der Waals surface area (Å²) in [4.78, 5) is 12.5.